The number of rotatable bonds is 6. The van der Waals surface area contributed by atoms with Crippen LogP contribution in [0.4, 0.5) is 5.82 Å². The number of anilines is 1. The highest BCUT2D eigenvalue weighted by atomic mass is 16.5. The summed E-state index contributed by atoms with van der Waals surface area (Å²) in [6, 6.07) is 5.89. The number of nitrogens with zero attached hydrogens (tertiary/aromatic N) is 1. The molecule has 1 aromatic rings. The van der Waals surface area contributed by atoms with E-state index in [4.69, 9.17) is 10.5 Å². The van der Waals surface area contributed by atoms with Crippen LogP contribution in [0.3, 0.4) is 0 Å². The highest BCUT2D eigenvalue weighted by Crippen LogP contribution is 2.02. The van der Waals surface area contributed by atoms with E-state index in [1.165, 1.54) is 0 Å². The van der Waals surface area contributed by atoms with Crippen LogP contribution in [-0.4, -0.2) is 31.3 Å². The van der Waals surface area contributed by atoms with Crippen LogP contribution in [-0.2, 0) is 4.74 Å². The van der Waals surface area contributed by atoms with Crippen molar-refractivity contribution >= 4 is 5.82 Å². The first-order chi connectivity index (χ1) is 6.83. The largest absolute Gasteiger partial charge is 0.378 e. The van der Waals surface area contributed by atoms with E-state index in [1.807, 2.05) is 25.1 Å². The van der Waals surface area contributed by atoms with Crippen LogP contribution in [0.25, 0.3) is 0 Å². The van der Waals surface area contributed by atoms with E-state index in [-0.39, 0.29) is 0 Å². The van der Waals surface area contributed by atoms with Crippen molar-refractivity contribution in [3.05, 3.63) is 23.9 Å². The molecule has 0 atom stereocenters. The van der Waals surface area contributed by atoms with Gasteiger partial charge in [-0.2, -0.15) is 0 Å². The lowest BCUT2D eigenvalue weighted by atomic mass is 10.4. The van der Waals surface area contributed by atoms with Gasteiger partial charge in [0, 0.05) is 18.8 Å². The van der Waals surface area contributed by atoms with Gasteiger partial charge in [-0.25, -0.2) is 4.98 Å². The number of hydrogen-bond donors (Lipinski definition) is 2. The molecule has 3 N–H and O–H groups in total. The molecule has 0 aromatic carbocycles. The van der Waals surface area contributed by atoms with Gasteiger partial charge >= 0.3 is 0 Å². The van der Waals surface area contributed by atoms with Gasteiger partial charge in [0.15, 0.2) is 0 Å². The van der Waals surface area contributed by atoms with Crippen LogP contribution in [0.15, 0.2) is 18.2 Å². The third kappa shape index (κ3) is 4.20. The summed E-state index contributed by atoms with van der Waals surface area (Å²) in [5, 5.41) is 3.17. The molecule has 0 amide bonds. The maximum Gasteiger partial charge on any atom is 0.126 e. The number of aryl methyl sites for hydroxylation is 1. The predicted molar refractivity (Wildman–Crippen MR) is 57.3 cm³/mol. The Balaban J connectivity index is 2.18. The van der Waals surface area contributed by atoms with Gasteiger partial charge in [0.25, 0.3) is 0 Å². The van der Waals surface area contributed by atoms with Crippen LogP contribution in [0.2, 0.25) is 0 Å². The first-order valence-corrected chi connectivity index (χ1v) is 4.78. The summed E-state index contributed by atoms with van der Waals surface area (Å²) in [7, 11) is 0. The average molecular weight is 195 g/mol. The fourth-order valence-corrected chi connectivity index (χ4v) is 1.08. The summed E-state index contributed by atoms with van der Waals surface area (Å²) in [6.45, 7) is 4.57. The third-order valence-corrected chi connectivity index (χ3v) is 1.70. The Morgan fingerprint density at radius 1 is 1.43 bits per heavy atom. The van der Waals surface area contributed by atoms with Crippen LogP contribution >= 0.6 is 0 Å². The van der Waals surface area contributed by atoms with Crippen molar-refractivity contribution in [1.82, 2.24) is 4.98 Å². The zero-order valence-corrected chi connectivity index (χ0v) is 8.49. The predicted octanol–water partition coefficient (Wildman–Crippen LogP) is 0.777. The average Bonchev–Trinajstić information content (AvgIpc) is 2.18. The Morgan fingerprint density at radius 3 is 3.00 bits per heavy atom. The van der Waals surface area contributed by atoms with Crippen LogP contribution in [0, 0.1) is 6.92 Å². The number of aromatic nitrogens is 1. The van der Waals surface area contributed by atoms with Gasteiger partial charge in [0.05, 0.1) is 13.2 Å². The van der Waals surface area contributed by atoms with Gasteiger partial charge in [-0.05, 0) is 19.1 Å². The van der Waals surface area contributed by atoms with Crippen LogP contribution in [0.1, 0.15) is 5.69 Å². The standard InChI is InChI=1S/C10H17N3O/c1-9-3-2-4-10(13-9)12-6-8-14-7-5-11/h2-4H,5-8,11H2,1H3,(H,12,13). The Kier molecular flexibility index (Phi) is 4.96. The first-order valence-electron chi connectivity index (χ1n) is 4.78. The molecule has 0 saturated heterocycles. The molecule has 0 fully saturated rings. The van der Waals surface area contributed by atoms with E-state index >= 15 is 0 Å². The number of pyridine rings is 1. The second-order valence-corrected chi connectivity index (χ2v) is 2.99. The van der Waals surface area contributed by atoms with Gasteiger partial charge in [-0.15, -0.1) is 0 Å². The number of nitrogens with one attached hydrogen (secondary N) is 1. The molecule has 0 aliphatic heterocycles. The van der Waals surface area contributed by atoms with Crippen molar-refractivity contribution in [2.75, 3.05) is 31.6 Å². The van der Waals surface area contributed by atoms with E-state index in [9.17, 15) is 0 Å². The van der Waals surface area contributed by atoms with Gasteiger partial charge < -0.3 is 15.8 Å². The zero-order chi connectivity index (χ0) is 10.2. The maximum atomic E-state index is 5.28. The molecule has 1 rings (SSSR count). The number of ether oxygens (including phenoxy) is 1. The van der Waals surface area contributed by atoms with Crippen molar-refractivity contribution in [3.63, 3.8) is 0 Å². The van der Waals surface area contributed by atoms with Crippen molar-refractivity contribution < 1.29 is 4.74 Å². The summed E-state index contributed by atoms with van der Waals surface area (Å²) in [4.78, 5) is 4.30. The molecular formula is C10H17N3O. The molecule has 0 bridgehead atoms. The summed E-state index contributed by atoms with van der Waals surface area (Å²) in [6.07, 6.45) is 0. The van der Waals surface area contributed by atoms with Gasteiger partial charge in [-0.1, -0.05) is 6.07 Å². The fraction of sp³-hybridized carbons (Fsp3) is 0.500. The molecule has 0 aliphatic carbocycles. The summed E-state index contributed by atoms with van der Waals surface area (Å²) >= 11 is 0. The lowest BCUT2D eigenvalue weighted by molar-refractivity contribution is 0.151. The lowest BCUT2D eigenvalue weighted by Gasteiger charge is -2.06. The summed E-state index contributed by atoms with van der Waals surface area (Å²) in [5.41, 5.74) is 6.30. The molecule has 78 valence electrons. The quantitative estimate of drug-likeness (QED) is 0.658. The Bertz CT molecular complexity index is 265. The van der Waals surface area contributed by atoms with Crippen LogP contribution < -0.4 is 11.1 Å². The molecule has 14 heavy (non-hydrogen) atoms. The van der Waals surface area contributed by atoms with E-state index in [0.717, 1.165) is 18.1 Å². The number of hydrogen-bond acceptors (Lipinski definition) is 4. The molecular weight excluding hydrogens is 178 g/mol. The van der Waals surface area contributed by atoms with E-state index in [0.29, 0.717) is 19.8 Å². The monoisotopic (exact) mass is 195 g/mol. The molecule has 0 unspecified atom stereocenters. The third-order valence-electron chi connectivity index (χ3n) is 1.70. The molecule has 1 heterocycles. The smallest absolute Gasteiger partial charge is 0.126 e. The van der Waals surface area contributed by atoms with Gasteiger partial charge in [0.2, 0.25) is 0 Å². The first kappa shape index (κ1) is 10.9. The number of nitrogens with two attached hydrogens (primary N) is 1. The van der Waals surface area contributed by atoms with E-state index in [2.05, 4.69) is 10.3 Å². The fourth-order valence-electron chi connectivity index (χ4n) is 1.08. The SMILES string of the molecule is Cc1cccc(NCCOCCN)n1. The minimum Gasteiger partial charge on any atom is -0.378 e. The van der Waals surface area contributed by atoms with E-state index < -0.39 is 0 Å². The normalized spacial score (nSPS) is 10.1. The molecule has 0 aliphatic rings. The molecule has 4 nitrogen and oxygen atoms in total. The summed E-state index contributed by atoms with van der Waals surface area (Å²) in [5.74, 6) is 0.890. The highest BCUT2D eigenvalue weighted by molar-refractivity contribution is 5.34. The second-order valence-electron chi connectivity index (χ2n) is 2.99. The van der Waals surface area contributed by atoms with Crippen molar-refractivity contribution in [2.24, 2.45) is 5.73 Å². The van der Waals surface area contributed by atoms with Gasteiger partial charge in [-0.3, -0.25) is 0 Å². The molecule has 0 radical (unpaired) electrons. The Morgan fingerprint density at radius 2 is 2.29 bits per heavy atom. The van der Waals surface area contributed by atoms with Crippen molar-refractivity contribution in [2.45, 2.75) is 6.92 Å². The van der Waals surface area contributed by atoms with Gasteiger partial charge in [0.1, 0.15) is 5.82 Å². The minimum atomic E-state index is 0.572. The maximum absolute atomic E-state index is 5.28. The Hall–Kier alpha value is -1.13. The Labute approximate surface area is 84.5 Å². The molecule has 0 saturated carbocycles. The summed E-state index contributed by atoms with van der Waals surface area (Å²) < 4.78 is 5.22. The topological polar surface area (TPSA) is 60.2 Å². The molecule has 0 spiro atoms. The van der Waals surface area contributed by atoms with Crippen LogP contribution in [0.5, 0.6) is 0 Å². The second kappa shape index (κ2) is 6.34. The van der Waals surface area contributed by atoms with E-state index in [1.54, 1.807) is 0 Å². The molecule has 4 heteroatoms. The molecule has 1 aromatic heterocycles. The zero-order valence-electron chi connectivity index (χ0n) is 8.49. The van der Waals surface area contributed by atoms with Crippen molar-refractivity contribution in [3.8, 4) is 0 Å². The lowest BCUT2D eigenvalue weighted by Crippen LogP contribution is -2.14. The highest BCUT2D eigenvalue weighted by Gasteiger charge is 1.92. The van der Waals surface area contributed by atoms with Crippen molar-refractivity contribution in [1.29, 1.82) is 0 Å². The minimum absolute atomic E-state index is 0.572.